The van der Waals surface area contributed by atoms with Gasteiger partial charge < -0.3 is 19.4 Å². The first-order valence-corrected chi connectivity index (χ1v) is 32.5. The van der Waals surface area contributed by atoms with Crippen LogP contribution in [0.2, 0.25) is 0 Å². The molecule has 9 nitrogen and oxygen atoms in total. The van der Waals surface area contributed by atoms with Crippen molar-refractivity contribution in [3.63, 3.8) is 0 Å². The summed E-state index contributed by atoms with van der Waals surface area (Å²) in [6.45, 7) is 7.06. The van der Waals surface area contributed by atoms with Crippen molar-refractivity contribution >= 4 is 19.7 Å². The number of ether oxygens (including phenoxy) is 1. The van der Waals surface area contributed by atoms with E-state index in [1.165, 1.54) is 225 Å². The summed E-state index contributed by atoms with van der Waals surface area (Å²) >= 11 is 0. The third kappa shape index (κ3) is 53.4. The van der Waals surface area contributed by atoms with Crippen molar-refractivity contribution in [3.05, 3.63) is 12.2 Å². The highest BCUT2D eigenvalue weighted by atomic mass is 31.2. The Hall–Kier alpha value is -1.25. The Morgan fingerprint density at radius 2 is 0.803 bits per heavy atom. The molecule has 0 spiro atoms. The normalized spacial score (nSPS) is 13.7. The average molecular weight is 1030 g/mol. The summed E-state index contributed by atoms with van der Waals surface area (Å²) in [7, 11) is 1.52. The number of nitrogens with one attached hydrogen (secondary N) is 1. The molecule has 0 heterocycles. The van der Waals surface area contributed by atoms with E-state index in [0.29, 0.717) is 23.9 Å². The van der Waals surface area contributed by atoms with Crippen molar-refractivity contribution in [2.75, 3.05) is 40.9 Å². The second-order valence-electron chi connectivity index (χ2n) is 22.6. The molecular weight excluding hydrogens is 904 g/mol. The van der Waals surface area contributed by atoms with Gasteiger partial charge in [0.2, 0.25) is 5.91 Å². The zero-order valence-corrected chi connectivity index (χ0v) is 49.1. The zero-order chi connectivity index (χ0) is 52.2. The first-order valence-electron chi connectivity index (χ1n) is 31.0. The third-order valence-electron chi connectivity index (χ3n) is 14.2. The number of likely N-dealkylation sites (N-methyl/N-ethyl adjacent to an activating group) is 1. The van der Waals surface area contributed by atoms with Crippen LogP contribution in [0.5, 0.6) is 0 Å². The first kappa shape index (κ1) is 69.8. The summed E-state index contributed by atoms with van der Waals surface area (Å²) in [5.41, 5.74) is 0. The molecule has 71 heavy (non-hydrogen) atoms. The molecule has 0 aliphatic rings. The molecule has 0 bridgehead atoms. The van der Waals surface area contributed by atoms with Crippen LogP contribution in [0.15, 0.2) is 12.2 Å². The van der Waals surface area contributed by atoms with E-state index in [0.717, 1.165) is 57.8 Å². The predicted molar refractivity (Wildman–Crippen MR) is 305 cm³/mol. The minimum absolute atomic E-state index is 0.0457. The lowest BCUT2D eigenvalue weighted by molar-refractivity contribution is -0.870. The minimum atomic E-state index is -4.44. The molecule has 0 aromatic rings. The number of unbranched alkanes of at least 4 members (excludes halogenated alkanes) is 41. The van der Waals surface area contributed by atoms with Crippen LogP contribution in [-0.4, -0.2) is 74.3 Å². The van der Waals surface area contributed by atoms with Gasteiger partial charge in [-0.25, -0.2) is 4.57 Å². The maximum atomic E-state index is 13.5. The van der Waals surface area contributed by atoms with Gasteiger partial charge in [-0.3, -0.25) is 18.6 Å². The molecule has 422 valence electrons. The smallest absolute Gasteiger partial charge is 0.456 e. The van der Waals surface area contributed by atoms with E-state index in [2.05, 4.69) is 26.1 Å². The second-order valence-corrected chi connectivity index (χ2v) is 24.1. The molecule has 0 saturated heterocycles. The summed E-state index contributed by atoms with van der Waals surface area (Å²) in [5.74, 6) is -0.483. The lowest BCUT2D eigenvalue weighted by atomic mass is 10.0. The molecule has 3 unspecified atom stereocenters. The number of phosphoric ester groups is 1. The molecule has 2 N–H and O–H groups in total. The maximum Gasteiger partial charge on any atom is 0.472 e. The molecule has 3 atom stereocenters. The van der Waals surface area contributed by atoms with E-state index < -0.39 is 20.0 Å². The lowest BCUT2D eigenvalue weighted by Crippen LogP contribution is -2.47. The number of allylic oxidation sites excluding steroid dienone is 1. The van der Waals surface area contributed by atoms with E-state index in [4.69, 9.17) is 13.8 Å². The molecule has 0 saturated carbocycles. The van der Waals surface area contributed by atoms with Crippen molar-refractivity contribution in [3.8, 4) is 0 Å². The second kappa shape index (κ2) is 52.2. The number of amides is 1. The minimum Gasteiger partial charge on any atom is -0.456 e. The van der Waals surface area contributed by atoms with Gasteiger partial charge in [0.05, 0.1) is 33.8 Å². The van der Waals surface area contributed by atoms with Gasteiger partial charge in [-0.2, -0.15) is 0 Å². The highest BCUT2D eigenvalue weighted by Crippen LogP contribution is 2.43. The van der Waals surface area contributed by atoms with Crippen molar-refractivity contribution < 1.29 is 37.3 Å². The largest absolute Gasteiger partial charge is 0.472 e. The summed E-state index contributed by atoms with van der Waals surface area (Å²) < 4.78 is 30.7. The Morgan fingerprint density at radius 3 is 1.15 bits per heavy atom. The quantitative estimate of drug-likeness (QED) is 0.0205. The number of carbonyl (C=O) groups is 2. The highest BCUT2D eigenvalue weighted by Gasteiger charge is 2.30. The summed E-state index contributed by atoms with van der Waals surface area (Å²) in [6, 6.07) is -0.838. The SMILES string of the molecule is CCCCCCCCCCCC/C=C/C(OC(=O)CCCCCCCCCCCCCCCCCCC)C(COP(=O)(O)OCC[N+](C)(C)C)NC(=O)CCCCCCCCCCCCCCCCCC. The number of hydrogen-bond acceptors (Lipinski definition) is 6. The highest BCUT2D eigenvalue weighted by molar-refractivity contribution is 7.47. The Kier molecular flexibility index (Phi) is 51.3. The Balaban J connectivity index is 5.23. The molecule has 0 radical (unpaired) electrons. The molecule has 0 fully saturated rings. The Bertz CT molecular complexity index is 1230. The summed E-state index contributed by atoms with van der Waals surface area (Å²) in [6.07, 6.45) is 59.1. The van der Waals surface area contributed by atoms with Crippen LogP contribution in [0, 0.1) is 0 Å². The fraction of sp³-hybridized carbons (Fsp3) is 0.934. The molecule has 0 aliphatic heterocycles. The maximum absolute atomic E-state index is 13.5. The van der Waals surface area contributed by atoms with Gasteiger partial charge in [0.25, 0.3) is 0 Å². The van der Waals surface area contributed by atoms with Gasteiger partial charge in [0.1, 0.15) is 19.3 Å². The van der Waals surface area contributed by atoms with Gasteiger partial charge in [0, 0.05) is 12.8 Å². The number of hydrogen-bond donors (Lipinski definition) is 2. The fourth-order valence-electron chi connectivity index (χ4n) is 9.41. The van der Waals surface area contributed by atoms with Crippen LogP contribution in [0.1, 0.15) is 316 Å². The Labute approximate surface area is 441 Å². The van der Waals surface area contributed by atoms with Crippen LogP contribution in [0.25, 0.3) is 0 Å². The van der Waals surface area contributed by atoms with Crippen molar-refractivity contribution in [1.29, 1.82) is 0 Å². The molecule has 0 rings (SSSR count). The number of esters is 1. The number of carbonyl (C=O) groups excluding carboxylic acids is 2. The lowest BCUT2D eigenvalue weighted by Gasteiger charge is -2.27. The topological polar surface area (TPSA) is 111 Å². The van der Waals surface area contributed by atoms with E-state index >= 15 is 0 Å². The van der Waals surface area contributed by atoms with Crippen LogP contribution < -0.4 is 5.32 Å². The average Bonchev–Trinajstić information content (AvgIpc) is 3.33. The summed E-state index contributed by atoms with van der Waals surface area (Å²) in [5, 5.41) is 3.06. The zero-order valence-electron chi connectivity index (χ0n) is 48.2. The van der Waals surface area contributed by atoms with Gasteiger partial charge >= 0.3 is 13.8 Å². The predicted octanol–water partition coefficient (Wildman–Crippen LogP) is 18.8. The van der Waals surface area contributed by atoms with Crippen molar-refractivity contribution in [1.82, 2.24) is 5.32 Å². The number of phosphoric acid groups is 1. The number of rotatable bonds is 57. The van der Waals surface area contributed by atoms with Crippen LogP contribution in [0.3, 0.4) is 0 Å². The van der Waals surface area contributed by atoms with Crippen molar-refractivity contribution in [2.45, 2.75) is 328 Å². The van der Waals surface area contributed by atoms with Crippen LogP contribution in [0.4, 0.5) is 0 Å². The van der Waals surface area contributed by atoms with Crippen molar-refractivity contribution in [2.24, 2.45) is 0 Å². The van der Waals surface area contributed by atoms with Gasteiger partial charge in [-0.15, -0.1) is 0 Å². The molecule has 1 amide bonds. The number of nitrogens with zero attached hydrogens (tertiary/aromatic N) is 1. The van der Waals surface area contributed by atoms with Gasteiger partial charge in [-0.05, 0) is 31.8 Å². The van der Waals surface area contributed by atoms with Gasteiger partial charge in [0.15, 0.2) is 0 Å². The van der Waals surface area contributed by atoms with E-state index in [9.17, 15) is 19.0 Å². The molecule has 0 aromatic carbocycles. The van der Waals surface area contributed by atoms with E-state index in [-0.39, 0.29) is 25.1 Å². The first-order chi connectivity index (χ1) is 34.4. The molecule has 0 aliphatic carbocycles. The van der Waals surface area contributed by atoms with Gasteiger partial charge in [-0.1, -0.05) is 284 Å². The number of quaternary nitrogens is 1. The van der Waals surface area contributed by atoms with E-state index in [1.807, 2.05) is 33.3 Å². The summed E-state index contributed by atoms with van der Waals surface area (Å²) in [4.78, 5) is 37.7. The van der Waals surface area contributed by atoms with E-state index in [1.54, 1.807) is 0 Å². The fourth-order valence-corrected chi connectivity index (χ4v) is 10.1. The monoisotopic (exact) mass is 1030 g/mol. The molecule has 0 aromatic heterocycles. The molecule has 10 heteroatoms. The van der Waals surface area contributed by atoms with Crippen LogP contribution in [-0.2, 0) is 27.9 Å². The Morgan fingerprint density at radius 1 is 0.479 bits per heavy atom. The molecular formula is C61H122N2O7P+. The van der Waals surface area contributed by atoms with Crippen LogP contribution >= 0.6 is 7.82 Å². The standard InChI is InChI=1S/C61H121N2O7P/c1-7-10-13-16-19-22-25-28-30-32-34-36-39-42-45-48-51-54-61(65)70-59(52-49-46-43-40-37-27-24-21-18-15-12-9-3)58(57-69-71(66,67)68-56-55-63(4,5)6)62-60(64)53-50-47-44-41-38-35-33-31-29-26-23-20-17-14-11-8-2/h49,52,58-59H,7-48,50-51,53-57H2,1-6H3,(H-,62,64,66,67)/p+1/b52-49+. The third-order valence-corrected chi connectivity index (χ3v) is 15.2.